The second-order valence-corrected chi connectivity index (χ2v) is 6.15. The summed E-state index contributed by atoms with van der Waals surface area (Å²) >= 11 is 0. The number of amides is 2. The minimum absolute atomic E-state index is 0.104. The molecule has 2 amide bonds. The lowest BCUT2D eigenvalue weighted by atomic mass is 10.0. The summed E-state index contributed by atoms with van der Waals surface area (Å²) in [5.74, 6) is -0.923. The lowest BCUT2D eigenvalue weighted by molar-refractivity contribution is -0.134. The number of carbonyl (C=O) groups is 2. The van der Waals surface area contributed by atoms with Gasteiger partial charge in [-0.25, -0.2) is 4.39 Å². The van der Waals surface area contributed by atoms with Gasteiger partial charge in [-0.3, -0.25) is 9.59 Å². The molecule has 1 atom stereocenters. The van der Waals surface area contributed by atoms with E-state index in [2.05, 4.69) is 5.32 Å². The summed E-state index contributed by atoms with van der Waals surface area (Å²) in [6.45, 7) is 6.31. The van der Waals surface area contributed by atoms with Crippen LogP contribution in [0.15, 0.2) is 47.1 Å². The van der Waals surface area contributed by atoms with E-state index < -0.39 is 11.9 Å². The van der Waals surface area contributed by atoms with Crippen molar-refractivity contribution >= 4 is 11.8 Å². The molecule has 0 aliphatic carbocycles. The number of nitrogens with one attached hydrogen (secondary N) is 1. The maximum absolute atomic E-state index is 13.4. The maximum Gasteiger partial charge on any atom is 0.287 e. The normalized spacial score (nSPS) is 12.0. The molecule has 25 heavy (non-hydrogen) atoms. The van der Waals surface area contributed by atoms with Crippen LogP contribution in [0.4, 0.5) is 4.39 Å². The quantitative estimate of drug-likeness (QED) is 0.837. The van der Waals surface area contributed by atoms with Crippen molar-refractivity contribution in [1.29, 1.82) is 0 Å². The number of furan rings is 1. The fourth-order valence-electron chi connectivity index (χ4n) is 2.53. The van der Waals surface area contributed by atoms with Crippen LogP contribution in [0, 0.1) is 11.7 Å². The predicted octanol–water partition coefficient (Wildman–Crippen LogP) is 3.22. The molecule has 1 unspecified atom stereocenters. The summed E-state index contributed by atoms with van der Waals surface area (Å²) in [7, 11) is 0. The first-order chi connectivity index (χ1) is 11.9. The minimum atomic E-state index is -0.689. The van der Waals surface area contributed by atoms with Crippen LogP contribution in [0.2, 0.25) is 0 Å². The molecule has 0 fully saturated rings. The van der Waals surface area contributed by atoms with E-state index in [0.29, 0.717) is 12.1 Å². The number of rotatable bonds is 7. The average molecular weight is 346 g/mol. The van der Waals surface area contributed by atoms with Gasteiger partial charge in [0.25, 0.3) is 5.91 Å². The highest BCUT2D eigenvalue weighted by Crippen LogP contribution is 2.13. The zero-order valence-electron chi connectivity index (χ0n) is 14.7. The Morgan fingerprint density at radius 2 is 2.00 bits per heavy atom. The van der Waals surface area contributed by atoms with Gasteiger partial charge in [-0.1, -0.05) is 26.0 Å². The monoisotopic (exact) mass is 346 g/mol. The largest absolute Gasteiger partial charge is 0.459 e. The van der Waals surface area contributed by atoms with Crippen molar-refractivity contribution in [3.8, 4) is 0 Å². The first kappa shape index (κ1) is 18.7. The van der Waals surface area contributed by atoms with Gasteiger partial charge in [-0.15, -0.1) is 0 Å². The molecule has 0 bridgehead atoms. The molecule has 0 saturated heterocycles. The minimum Gasteiger partial charge on any atom is -0.459 e. The van der Waals surface area contributed by atoms with Crippen LogP contribution in [0.25, 0.3) is 0 Å². The summed E-state index contributed by atoms with van der Waals surface area (Å²) in [6.07, 6.45) is 1.41. The van der Waals surface area contributed by atoms with Crippen LogP contribution >= 0.6 is 0 Å². The zero-order chi connectivity index (χ0) is 18.4. The molecule has 2 aromatic rings. The first-order valence-corrected chi connectivity index (χ1v) is 8.30. The summed E-state index contributed by atoms with van der Waals surface area (Å²) < 4.78 is 18.4. The van der Waals surface area contributed by atoms with Crippen LogP contribution < -0.4 is 5.32 Å². The van der Waals surface area contributed by atoms with Crippen LogP contribution in [-0.4, -0.2) is 29.3 Å². The highest BCUT2D eigenvalue weighted by molar-refractivity contribution is 5.95. The Morgan fingerprint density at radius 1 is 1.24 bits per heavy atom. The van der Waals surface area contributed by atoms with Gasteiger partial charge in [0.05, 0.1) is 6.26 Å². The molecule has 6 heteroatoms. The summed E-state index contributed by atoms with van der Waals surface area (Å²) in [5.41, 5.74) is 0.704. The number of hydrogen-bond acceptors (Lipinski definition) is 3. The van der Waals surface area contributed by atoms with E-state index in [9.17, 15) is 14.0 Å². The Balaban J connectivity index is 2.12. The standard InChI is InChI=1S/C19H23FN2O3/c1-4-22(12-14-7-5-8-15(20)11-14)19(24)17(13(2)3)21-18(23)16-9-6-10-25-16/h5-11,13,17H,4,12H2,1-3H3,(H,21,23). The lowest BCUT2D eigenvalue weighted by Crippen LogP contribution is -2.51. The molecule has 1 aromatic carbocycles. The third-order valence-electron chi connectivity index (χ3n) is 3.92. The number of nitrogens with zero attached hydrogens (tertiary/aromatic N) is 1. The second-order valence-electron chi connectivity index (χ2n) is 6.15. The van der Waals surface area contributed by atoms with Gasteiger partial charge in [0, 0.05) is 13.1 Å². The molecule has 0 saturated carbocycles. The number of likely N-dealkylation sites (N-methyl/N-ethyl adjacent to an activating group) is 1. The van der Waals surface area contributed by atoms with Crippen molar-refractivity contribution in [1.82, 2.24) is 10.2 Å². The van der Waals surface area contributed by atoms with E-state index in [0.717, 1.165) is 0 Å². The SMILES string of the molecule is CCN(Cc1cccc(F)c1)C(=O)C(NC(=O)c1ccco1)C(C)C. The van der Waals surface area contributed by atoms with Crippen molar-refractivity contribution in [3.05, 3.63) is 59.8 Å². The Kier molecular flexibility index (Phi) is 6.33. The van der Waals surface area contributed by atoms with Gasteiger partial charge >= 0.3 is 0 Å². The molecule has 1 aromatic heterocycles. The van der Waals surface area contributed by atoms with Crippen LogP contribution in [0.1, 0.15) is 36.9 Å². The van der Waals surface area contributed by atoms with Crippen LogP contribution in [0.3, 0.4) is 0 Å². The van der Waals surface area contributed by atoms with Gasteiger partial charge < -0.3 is 14.6 Å². The fourth-order valence-corrected chi connectivity index (χ4v) is 2.53. The summed E-state index contributed by atoms with van der Waals surface area (Å²) in [5, 5.41) is 2.73. The molecule has 0 aliphatic rings. The smallest absolute Gasteiger partial charge is 0.287 e. The third kappa shape index (κ3) is 4.92. The molecule has 5 nitrogen and oxygen atoms in total. The first-order valence-electron chi connectivity index (χ1n) is 8.30. The van der Waals surface area contributed by atoms with Gasteiger partial charge in [0.2, 0.25) is 5.91 Å². The molecule has 0 radical (unpaired) electrons. The Labute approximate surface area is 146 Å². The molecule has 1 heterocycles. The molecular formula is C19H23FN2O3. The Hall–Kier alpha value is -2.63. The second kappa shape index (κ2) is 8.46. The van der Waals surface area contributed by atoms with Crippen LogP contribution in [-0.2, 0) is 11.3 Å². The number of hydrogen-bond donors (Lipinski definition) is 1. The summed E-state index contributed by atoms with van der Waals surface area (Å²) in [4.78, 5) is 26.7. The van der Waals surface area contributed by atoms with Crippen molar-refractivity contribution in [2.45, 2.75) is 33.4 Å². The highest BCUT2D eigenvalue weighted by Gasteiger charge is 2.29. The van der Waals surface area contributed by atoms with Gasteiger partial charge in [0.15, 0.2) is 5.76 Å². The molecule has 134 valence electrons. The third-order valence-corrected chi connectivity index (χ3v) is 3.92. The van der Waals surface area contributed by atoms with E-state index in [1.165, 1.54) is 18.4 Å². The van der Waals surface area contributed by atoms with E-state index in [4.69, 9.17) is 4.42 Å². The Bertz CT molecular complexity index is 713. The fraction of sp³-hybridized carbons (Fsp3) is 0.368. The van der Waals surface area contributed by atoms with E-state index in [-0.39, 0.29) is 29.9 Å². The van der Waals surface area contributed by atoms with Crippen molar-refractivity contribution in [2.75, 3.05) is 6.54 Å². The van der Waals surface area contributed by atoms with E-state index in [1.54, 1.807) is 29.2 Å². The molecule has 1 N–H and O–H groups in total. The molecule has 0 aliphatic heterocycles. The average Bonchev–Trinajstić information content (AvgIpc) is 3.11. The van der Waals surface area contributed by atoms with Gasteiger partial charge in [-0.2, -0.15) is 0 Å². The number of halogens is 1. The number of carbonyl (C=O) groups excluding carboxylic acids is 2. The highest BCUT2D eigenvalue weighted by atomic mass is 19.1. The predicted molar refractivity (Wildman–Crippen MR) is 92.3 cm³/mol. The van der Waals surface area contributed by atoms with E-state index in [1.807, 2.05) is 20.8 Å². The Morgan fingerprint density at radius 3 is 2.56 bits per heavy atom. The molecule has 0 spiro atoms. The lowest BCUT2D eigenvalue weighted by Gasteiger charge is -2.29. The maximum atomic E-state index is 13.4. The van der Waals surface area contributed by atoms with Crippen LogP contribution in [0.5, 0.6) is 0 Å². The summed E-state index contributed by atoms with van der Waals surface area (Å²) in [6, 6.07) is 8.62. The van der Waals surface area contributed by atoms with Gasteiger partial charge in [-0.05, 0) is 42.7 Å². The van der Waals surface area contributed by atoms with Crippen molar-refractivity contribution in [3.63, 3.8) is 0 Å². The molecular weight excluding hydrogens is 323 g/mol. The topological polar surface area (TPSA) is 62.6 Å². The van der Waals surface area contributed by atoms with Crippen molar-refractivity contribution in [2.24, 2.45) is 5.92 Å². The number of benzene rings is 1. The zero-order valence-corrected chi connectivity index (χ0v) is 14.7. The van der Waals surface area contributed by atoms with Crippen molar-refractivity contribution < 1.29 is 18.4 Å². The molecule has 2 rings (SSSR count). The van der Waals surface area contributed by atoms with Gasteiger partial charge in [0.1, 0.15) is 11.9 Å². The van der Waals surface area contributed by atoms with E-state index >= 15 is 0 Å².